The van der Waals surface area contributed by atoms with Gasteiger partial charge in [-0.25, -0.2) is 0 Å². The number of carbonyl (C=O) groups is 2. The van der Waals surface area contributed by atoms with Gasteiger partial charge in [0.1, 0.15) is 0 Å². The molecule has 31 heavy (non-hydrogen) atoms. The summed E-state index contributed by atoms with van der Waals surface area (Å²) in [4.78, 5) is 23.8. The Hall–Kier alpha value is -1.72. The molecule has 0 N–H and O–H groups in total. The summed E-state index contributed by atoms with van der Waals surface area (Å²) in [6, 6.07) is 7.04. The maximum atomic E-state index is 12.0. The first-order valence-corrected chi connectivity index (χ1v) is 12.3. The molecule has 1 heterocycles. The molecule has 0 aliphatic carbocycles. The van der Waals surface area contributed by atoms with Gasteiger partial charge in [-0.05, 0) is 50.7 Å². The molecule has 1 saturated heterocycles. The quantitative estimate of drug-likeness (QED) is 0.0824. The molecule has 170 valence electrons. The van der Waals surface area contributed by atoms with Gasteiger partial charge in [0.15, 0.2) is 12.4 Å². The average Bonchev–Trinajstić information content (AvgIpc) is 3.52. The maximum absolute atomic E-state index is 12.0. The van der Waals surface area contributed by atoms with Crippen LogP contribution in [0.5, 0.6) is 0 Å². The van der Waals surface area contributed by atoms with Gasteiger partial charge in [-0.3, -0.25) is 9.59 Å². The predicted molar refractivity (Wildman–Crippen MR) is 128 cm³/mol. The lowest BCUT2D eigenvalue weighted by molar-refractivity contribution is -0.142. The van der Waals surface area contributed by atoms with E-state index in [-0.39, 0.29) is 18.4 Å². The van der Waals surface area contributed by atoms with Crippen LogP contribution < -0.4 is 0 Å². The van der Waals surface area contributed by atoms with Gasteiger partial charge in [-0.1, -0.05) is 78.6 Å². The summed E-state index contributed by atoms with van der Waals surface area (Å²) in [5, 5.41) is 0. The van der Waals surface area contributed by atoms with E-state index in [0.717, 1.165) is 49.4 Å². The molecule has 1 fully saturated rings. The van der Waals surface area contributed by atoms with Crippen molar-refractivity contribution in [2.24, 2.45) is 0 Å². The summed E-state index contributed by atoms with van der Waals surface area (Å²) in [5.41, 5.74) is 0.554. The number of carbonyl (C=O) groups excluding carboxylic acids is 2. The molecule has 1 aliphatic heterocycles. The van der Waals surface area contributed by atoms with Crippen LogP contribution >= 0.6 is 15.9 Å². The molecule has 0 aromatic heterocycles. The van der Waals surface area contributed by atoms with Crippen LogP contribution in [-0.4, -0.2) is 30.6 Å². The highest BCUT2D eigenvalue weighted by atomic mass is 79.9. The van der Waals surface area contributed by atoms with Crippen molar-refractivity contribution >= 4 is 27.7 Å². The Morgan fingerprint density at radius 2 is 1.58 bits per heavy atom. The zero-order valence-electron chi connectivity index (χ0n) is 18.6. The minimum absolute atomic E-state index is 0.175. The normalized spacial score (nSPS) is 18.0. The predicted octanol–water partition coefficient (Wildman–Crippen LogP) is 6.98. The van der Waals surface area contributed by atoms with Gasteiger partial charge >= 0.3 is 5.97 Å². The van der Waals surface area contributed by atoms with Crippen LogP contribution in [-0.2, 0) is 14.3 Å². The zero-order chi connectivity index (χ0) is 22.3. The first-order valence-electron chi connectivity index (χ1n) is 11.5. The maximum Gasteiger partial charge on any atom is 0.306 e. The van der Waals surface area contributed by atoms with E-state index < -0.39 is 0 Å². The number of epoxide rings is 1. The van der Waals surface area contributed by atoms with Crippen molar-refractivity contribution in [2.45, 2.75) is 83.3 Å². The van der Waals surface area contributed by atoms with Gasteiger partial charge in [-0.15, -0.1) is 0 Å². The van der Waals surface area contributed by atoms with Crippen LogP contribution in [0.3, 0.4) is 0 Å². The van der Waals surface area contributed by atoms with Crippen molar-refractivity contribution in [2.75, 3.05) is 6.61 Å². The van der Waals surface area contributed by atoms with Gasteiger partial charge < -0.3 is 9.47 Å². The van der Waals surface area contributed by atoms with Crippen LogP contribution in [0.4, 0.5) is 0 Å². The SMILES string of the molecule is CC/C=C\C[C@H]1O[C@H]1C/C=C\CCCCCCCC(=O)OCC(=O)c1ccc(Br)cc1. The van der Waals surface area contributed by atoms with Crippen LogP contribution in [0.1, 0.15) is 81.5 Å². The minimum Gasteiger partial charge on any atom is -0.457 e. The molecule has 0 saturated carbocycles. The van der Waals surface area contributed by atoms with Gasteiger partial charge in [-0.2, -0.15) is 0 Å². The van der Waals surface area contributed by atoms with Crippen molar-refractivity contribution < 1.29 is 19.1 Å². The van der Waals surface area contributed by atoms with Crippen LogP contribution in [0.25, 0.3) is 0 Å². The molecule has 0 bridgehead atoms. The minimum atomic E-state index is -0.292. The molecule has 1 aromatic carbocycles. The molecule has 2 atom stereocenters. The first kappa shape index (κ1) is 25.5. The Morgan fingerprint density at radius 3 is 2.29 bits per heavy atom. The number of rotatable bonds is 16. The van der Waals surface area contributed by atoms with Crippen LogP contribution in [0.15, 0.2) is 53.0 Å². The summed E-state index contributed by atoms with van der Waals surface area (Å²) in [6.45, 7) is 1.96. The zero-order valence-corrected chi connectivity index (χ0v) is 20.1. The summed E-state index contributed by atoms with van der Waals surface area (Å²) in [7, 11) is 0. The third kappa shape index (κ3) is 11.5. The summed E-state index contributed by atoms with van der Waals surface area (Å²) >= 11 is 3.33. The fourth-order valence-electron chi connectivity index (χ4n) is 3.34. The molecule has 0 amide bonds. The molecule has 0 spiro atoms. The third-order valence-electron chi connectivity index (χ3n) is 5.28. The number of unbranched alkanes of at least 4 members (excludes halogenated alkanes) is 5. The highest BCUT2D eigenvalue weighted by molar-refractivity contribution is 9.10. The Morgan fingerprint density at radius 1 is 0.935 bits per heavy atom. The van der Waals surface area contributed by atoms with Crippen molar-refractivity contribution in [3.63, 3.8) is 0 Å². The van der Waals surface area contributed by atoms with Crippen molar-refractivity contribution in [3.05, 3.63) is 58.6 Å². The van der Waals surface area contributed by atoms with E-state index in [1.54, 1.807) is 24.3 Å². The fraction of sp³-hybridized carbons (Fsp3) is 0.538. The van der Waals surface area contributed by atoms with Gasteiger partial charge in [0.25, 0.3) is 0 Å². The fourth-order valence-corrected chi connectivity index (χ4v) is 3.60. The van der Waals surface area contributed by atoms with E-state index in [0.29, 0.717) is 24.2 Å². The molecule has 2 rings (SSSR count). The van der Waals surface area contributed by atoms with Crippen molar-refractivity contribution in [3.8, 4) is 0 Å². The number of Topliss-reactive ketones (excluding diaryl/α,β-unsaturated/α-hetero) is 1. The Kier molecular flexibility index (Phi) is 12.5. The molecule has 1 aliphatic rings. The highest BCUT2D eigenvalue weighted by Gasteiger charge is 2.35. The van der Waals surface area contributed by atoms with Crippen LogP contribution in [0, 0.1) is 0 Å². The smallest absolute Gasteiger partial charge is 0.306 e. The Labute approximate surface area is 195 Å². The lowest BCUT2D eigenvalue weighted by Crippen LogP contribution is -2.13. The Bertz CT molecular complexity index is 723. The standard InChI is InChI=1S/C26H35BrO4/c1-2-3-10-13-24-25(31-24)14-11-8-6-4-5-7-9-12-15-26(29)30-20-23(28)21-16-18-22(27)19-17-21/h3,8,10-11,16-19,24-25H,2,4-7,9,12-15,20H2,1H3/b10-3-,11-8-/t24-,25+/m1/s1. The summed E-state index contributed by atoms with van der Waals surface area (Å²) in [5.74, 6) is -0.467. The molecule has 0 radical (unpaired) electrons. The second-order valence-corrected chi connectivity index (χ2v) is 8.85. The highest BCUT2D eigenvalue weighted by Crippen LogP contribution is 2.29. The third-order valence-corrected chi connectivity index (χ3v) is 5.80. The Balaban J connectivity index is 1.39. The first-order chi connectivity index (χ1) is 15.1. The molecule has 1 aromatic rings. The summed E-state index contributed by atoms with van der Waals surface area (Å²) in [6.07, 6.45) is 19.7. The van der Waals surface area contributed by atoms with Gasteiger partial charge in [0.2, 0.25) is 0 Å². The number of hydrogen-bond donors (Lipinski definition) is 0. The van der Waals surface area contributed by atoms with Gasteiger partial charge in [0.05, 0.1) is 12.2 Å². The number of halogens is 1. The topological polar surface area (TPSA) is 55.9 Å². The largest absolute Gasteiger partial charge is 0.457 e. The molecule has 4 nitrogen and oxygen atoms in total. The van der Waals surface area contributed by atoms with Crippen molar-refractivity contribution in [1.82, 2.24) is 0 Å². The monoisotopic (exact) mass is 490 g/mol. The second kappa shape index (κ2) is 15.1. The number of ether oxygens (including phenoxy) is 2. The summed E-state index contributed by atoms with van der Waals surface area (Å²) < 4.78 is 11.7. The number of benzene rings is 1. The van der Waals surface area contributed by atoms with Gasteiger partial charge in [0, 0.05) is 16.5 Å². The molecular weight excluding hydrogens is 456 g/mol. The van der Waals surface area contributed by atoms with E-state index in [4.69, 9.17) is 9.47 Å². The molecular formula is C26H35BrO4. The lowest BCUT2D eigenvalue weighted by Gasteiger charge is -2.05. The number of allylic oxidation sites excluding steroid dienone is 2. The average molecular weight is 491 g/mol. The van der Waals surface area contributed by atoms with E-state index in [2.05, 4.69) is 47.2 Å². The number of ketones is 1. The van der Waals surface area contributed by atoms with Crippen LogP contribution in [0.2, 0.25) is 0 Å². The number of esters is 1. The molecule has 5 heteroatoms. The second-order valence-electron chi connectivity index (χ2n) is 7.93. The lowest BCUT2D eigenvalue weighted by atomic mass is 10.1. The van der Waals surface area contributed by atoms with E-state index in [1.807, 2.05) is 0 Å². The van der Waals surface area contributed by atoms with E-state index >= 15 is 0 Å². The van der Waals surface area contributed by atoms with E-state index in [9.17, 15) is 9.59 Å². The molecule has 0 unspecified atom stereocenters. The number of hydrogen-bond acceptors (Lipinski definition) is 4. The van der Waals surface area contributed by atoms with Crippen molar-refractivity contribution in [1.29, 1.82) is 0 Å². The van der Waals surface area contributed by atoms with E-state index in [1.165, 1.54) is 12.8 Å².